The highest BCUT2D eigenvalue weighted by atomic mass is 14.3. The Hall–Kier alpha value is -4.00. The number of hydrogen-bond donors (Lipinski definition) is 0. The molecule has 0 heteroatoms. The molecule has 0 radical (unpaired) electrons. The molecule has 67 heavy (non-hydrogen) atoms. The summed E-state index contributed by atoms with van der Waals surface area (Å²) in [4.78, 5) is 0. The highest BCUT2D eigenvalue weighted by Gasteiger charge is 2.22. The second-order valence-electron chi connectivity index (χ2n) is 20.8. The van der Waals surface area contributed by atoms with Crippen LogP contribution in [0.1, 0.15) is 257 Å². The van der Waals surface area contributed by atoms with Crippen molar-refractivity contribution in [1.82, 2.24) is 0 Å². The molecule has 4 aromatic rings. The number of aryl methyl sites for hydroxylation is 4. The van der Waals surface area contributed by atoms with Crippen LogP contribution in [0.2, 0.25) is 0 Å². The van der Waals surface area contributed by atoms with Crippen molar-refractivity contribution in [3.05, 3.63) is 142 Å². The first-order valence-corrected chi connectivity index (χ1v) is 28.4. The van der Waals surface area contributed by atoms with Crippen molar-refractivity contribution in [2.75, 3.05) is 0 Å². The highest BCUT2D eigenvalue weighted by Crippen LogP contribution is 2.37. The molecule has 0 saturated heterocycles. The molecule has 362 valence electrons. The highest BCUT2D eigenvalue weighted by molar-refractivity contribution is 5.38. The van der Waals surface area contributed by atoms with Gasteiger partial charge in [0.2, 0.25) is 0 Å². The molecular formula is C67H94. The Balaban J connectivity index is 0.000000251. The van der Waals surface area contributed by atoms with Crippen LogP contribution >= 0.6 is 0 Å². The van der Waals surface area contributed by atoms with Crippen LogP contribution < -0.4 is 0 Å². The fourth-order valence-electron chi connectivity index (χ4n) is 10.5. The minimum absolute atomic E-state index is 0.567. The van der Waals surface area contributed by atoms with E-state index in [0.29, 0.717) is 11.8 Å². The summed E-state index contributed by atoms with van der Waals surface area (Å²) in [6, 6.07) is 37.2. The SMILES string of the molecule is CCCCCCCc1ccc(C#C[C@H]2CC[C@H](c3ccc(CCCCCC)cc3)CC2)cc1.CCCCCCCc1ccc(C#C[C@H]2CC[C@H](c3ccc(CCCCCCC)cc3)CC2)cc1. The van der Waals surface area contributed by atoms with Crippen LogP contribution in [0.3, 0.4) is 0 Å². The lowest BCUT2D eigenvalue weighted by atomic mass is 9.78. The molecule has 2 saturated carbocycles. The predicted molar refractivity (Wildman–Crippen MR) is 294 cm³/mol. The Bertz CT molecular complexity index is 1960. The van der Waals surface area contributed by atoms with Crippen LogP contribution in [0.15, 0.2) is 97.1 Å². The summed E-state index contributed by atoms with van der Waals surface area (Å²) >= 11 is 0. The maximum Gasteiger partial charge on any atom is 0.0245 e. The topological polar surface area (TPSA) is 0 Å². The van der Waals surface area contributed by atoms with Gasteiger partial charge >= 0.3 is 0 Å². The summed E-state index contributed by atoms with van der Waals surface area (Å²) in [5.74, 6) is 16.7. The van der Waals surface area contributed by atoms with Gasteiger partial charge in [0.05, 0.1) is 0 Å². The van der Waals surface area contributed by atoms with Crippen molar-refractivity contribution in [2.24, 2.45) is 11.8 Å². The predicted octanol–water partition coefficient (Wildman–Crippen LogP) is 19.7. The van der Waals surface area contributed by atoms with Gasteiger partial charge in [0, 0.05) is 23.0 Å². The van der Waals surface area contributed by atoms with Gasteiger partial charge in [-0.15, -0.1) is 0 Å². The molecule has 6 rings (SSSR count). The van der Waals surface area contributed by atoms with E-state index in [0.717, 1.165) is 11.8 Å². The van der Waals surface area contributed by atoms with E-state index in [1.165, 1.54) is 232 Å². The molecule has 2 aliphatic carbocycles. The van der Waals surface area contributed by atoms with Crippen LogP contribution in [-0.2, 0) is 25.7 Å². The fraction of sp³-hybridized carbons (Fsp3) is 0.582. The maximum absolute atomic E-state index is 3.59. The number of rotatable bonds is 25. The standard InChI is InChI=1S/C34H48.C33H46/c1-3-5-7-9-11-13-29-15-17-31(18-16-29)19-20-32-23-27-34(28-24-32)33-25-21-30(22-26-33)14-12-10-8-6-4-2;1-3-5-7-9-11-13-28-14-16-30(17-15-28)18-19-31-22-26-33(27-23-31)32-24-20-29(21-25-32)12-10-8-6-4-2/h15-18,21-22,25-26,32,34H,3-14,23-24,27-28H2,1-2H3;14-17,20-21,24-25,31,33H,3-13,22-23,26-27H2,1-2H3/t32-,34-;31-,33-. The summed E-state index contributed by atoms with van der Waals surface area (Å²) in [7, 11) is 0. The average Bonchev–Trinajstić information content (AvgIpc) is 3.38. The van der Waals surface area contributed by atoms with Gasteiger partial charge in [-0.3, -0.25) is 0 Å². The number of benzene rings is 4. The second kappa shape index (κ2) is 33.5. The molecule has 4 aromatic carbocycles. The molecule has 0 nitrogen and oxygen atoms in total. The van der Waals surface area contributed by atoms with E-state index in [4.69, 9.17) is 0 Å². The van der Waals surface area contributed by atoms with Crippen molar-refractivity contribution in [2.45, 2.75) is 239 Å². The monoisotopic (exact) mass is 899 g/mol. The van der Waals surface area contributed by atoms with Gasteiger partial charge in [-0.05, 0) is 172 Å². The fourth-order valence-corrected chi connectivity index (χ4v) is 10.5. The molecule has 0 bridgehead atoms. The zero-order valence-corrected chi connectivity index (χ0v) is 43.5. The molecule has 2 aliphatic rings. The lowest BCUT2D eigenvalue weighted by Gasteiger charge is -2.26. The molecule has 0 spiro atoms. The van der Waals surface area contributed by atoms with E-state index in [1.807, 2.05) is 0 Å². The van der Waals surface area contributed by atoms with Crippen LogP contribution in [0, 0.1) is 35.5 Å². The summed E-state index contributed by atoms with van der Waals surface area (Å²) in [6.45, 7) is 9.12. The smallest absolute Gasteiger partial charge is 0.0245 e. The molecule has 0 amide bonds. The largest absolute Gasteiger partial charge is 0.0945 e. The van der Waals surface area contributed by atoms with E-state index >= 15 is 0 Å². The molecule has 0 heterocycles. The first-order chi connectivity index (χ1) is 33.1. The Morgan fingerprint density at radius 1 is 0.299 bits per heavy atom. The summed E-state index contributed by atoms with van der Waals surface area (Å²) in [6.07, 6.45) is 40.7. The number of unbranched alkanes of at least 4 members (excludes halogenated alkanes) is 15. The van der Waals surface area contributed by atoms with Crippen LogP contribution in [-0.4, -0.2) is 0 Å². The van der Waals surface area contributed by atoms with Crippen molar-refractivity contribution >= 4 is 0 Å². The van der Waals surface area contributed by atoms with Gasteiger partial charge < -0.3 is 0 Å². The zero-order valence-electron chi connectivity index (χ0n) is 43.5. The molecule has 0 aliphatic heterocycles. The third-order valence-corrected chi connectivity index (χ3v) is 15.1. The van der Waals surface area contributed by atoms with E-state index in [2.05, 4.69) is 148 Å². The summed E-state index contributed by atoms with van der Waals surface area (Å²) in [5, 5.41) is 0. The third kappa shape index (κ3) is 21.9. The van der Waals surface area contributed by atoms with Crippen LogP contribution in [0.5, 0.6) is 0 Å². The molecular weight excluding hydrogens is 805 g/mol. The van der Waals surface area contributed by atoms with E-state index in [1.54, 1.807) is 11.1 Å². The Labute approximate surface area is 413 Å². The number of hydrogen-bond acceptors (Lipinski definition) is 0. The van der Waals surface area contributed by atoms with Crippen molar-refractivity contribution in [3.8, 4) is 23.7 Å². The first kappa shape index (κ1) is 53.9. The summed E-state index contributed by atoms with van der Waals surface area (Å²) in [5.41, 5.74) is 11.4. The van der Waals surface area contributed by atoms with Gasteiger partial charge in [0.1, 0.15) is 0 Å². The van der Waals surface area contributed by atoms with Gasteiger partial charge in [-0.1, -0.05) is 220 Å². The van der Waals surface area contributed by atoms with E-state index in [-0.39, 0.29) is 0 Å². The minimum atomic E-state index is 0.567. The van der Waals surface area contributed by atoms with E-state index < -0.39 is 0 Å². The van der Waals surface area contributed by atoms with Crippen LogP contribution in [0.4, 0.5) is 0 Å². The van der Waals surface area contributed by atoms with Gasteiger partial charge in [0.15, 0.2) is 0 Å². The van der Waals surface area contributed by atoms with Gasteiger partial charge in [0.25, 0.3) is 0 Å². The molecule has 0 unspecified atom stereocenters. The second-order valence-corrected chi connectivity index (χ2v) is 20.8. The van der Waals surface area contributed by atoms with Crippen molar-refractivity contribution in [1.29, 1.82) is 0 Å². The normalized spacial score (nSPS) is 17.9. The quantitative estimate of drug-likeness (QED) is 0.0459. The van der Waals surface area contributed by atoms with Crippen molar-refractivity contribution < 1.29 is 0 Å². The molecule has 0 N–H and O–H groups in total. The summed E-state index contributed by atoms with van der Waals surface area (Å²) < 4.78 is 0. The van der Waals surface area contributed by atoms with Gasteiger partial charge in [-0.25, -0.2) is 0 Å². The lowest BCUT2D eigenvalue weighted by molar-refractivity contribution is 0.384. The average molecular weight is 899 g/mol. The molecule has 2 fully saturated rings. The maximum atomic E-state index is 3.59. The Morgan fingerprint density at radius 2 is 0.552 bits per heavy atom. The Morgan fingerprint density at radius 3 is 0.836 bits per heavy atom. The minimum Gasteiger partial charge on any atom is -0.0945 e. The van der Waals surface area contributed by atoms with Gasteiger partial charge in [-0.2, -0.15) is 0 Å². The molecule has 0 aromatic heterocycles. The lowest BCUT2D eigenvalue weighted by Crippen LogP contribution is -2.12. The van der Waals surface area contributed by atoms with Crippen molar-refractivity contribution in [3.63, 3.8) is 0 Å². The zero-order chi connectivity index (χ0) is 47.0. The Kier molecular flexibility index (Phi) is 27.0. The third-order valence-electron chi connectivity index (χ3n) is 15.1. The molecule has 0 atom stereocenters. The van der Waals surface area contributed by atoms with E-state index in [9.17, 15) is 0 Å². The first-order valence-electron chi connectivity index (χ1n) is 28.4. The van der Waals surface area contributed by atoms with Crippen LogP contribution in [0.25, 0.3) is 0 Å².